The molecule has 1 amide bonds. The second-order valence-corrected chi connectivity index (χ2v) is 8.95. The van der Waals surface area contributed by atoms with Gasteiger partial charge in [0.15, 0.2) is 0 Å². The molecule has 2 aliphatic carbocycles. The molecule has 1 aromatic heterocycles. The van der Waals surface area contributed by atoms with Gasteiger partial charge < -0.3 is 10.1 Å². The van der Waals surface area contributed by atoms with E-state index in [0.29, 0.717) is 0 Å². The van der Waals surface area contributed by atoms with Gasteiger partial charge in [0.2, 0.25) is 5.91 Å². The van der Waals surface area contributed by atoms with Gasteiger partial charge >= 0.3 is 0 Å². The highest BCUT2D eigenvalue weighted by Gasteiger charge is 2.73. The van der Waals surface area contributed by atoms with E-state index in [4.69, 9.17) is 14.7 Å². The third-order valence-electron chi connectivity index (χ3n) is 7.68. The van der Waals surface area contributed by atoms with E-state index in [1.54, 1.807) is 7.11 Å². The summed E-state index contributed by atoms with van der Waals surface area (Å²) in [7, 11) is 1.63. The Kier molecular flexibility index (Phi) is 3.61. The fraction of sp³-hybridized carbons (Fsp3) is 0.375. The van der Waals surface area contributed by atoms with E-state index < -0.39 is 5.41 Å². The van der Waals surface area contributed by atoms with Crippen molar-refractivity contribution in [3.63, 3.8) is 0 Å². The van der Waals surface area contributed by atoms with E-state index in [-0.39, 0.29) is 16.7 Å². The molecule has 1 N–H and O–H groups in total. The first-order valence-corrected chi connectivity index (χ1v) is 10.1. The predicted octanol–water partition coefficient (Wildman–Crippen LogP) is 4.61. The molecular weight excluding hydrogens is 362 g/mol. The molecule has 0 spiro atoms. The van der Waals surface area contributed by atoms with Crippen molar-refractivity contribution in [3.8, 4) is 5.75 Å². The maximum absolute atomic E-state index is 13.8. The average Bonchev–Trinajstić information content (AvgIpc) is 3.02. The standard InChI is InChI=1S/C24H25N3O2/c1-22(2)23(3)13-14-24(22,21(28)25-15-9-11-16(29-4)12-10-15)20-19(23)26-17-7-5-6-8-18(17)27-20/h5-12H,13-14H2,1-4H3,(H,25,28). The molecule has 2 aliphatic rings. The van der Waals surface area contributed by atoms with Crippen LogP contribution in [0.5, 0.6) is 5.75 Å². The molecule has 5 rings (SSSR count). The minimum atomic E-state index is -0.700. The average molecular weight is 387 g/mol. The van der Waals surface area contributed by atoms with Crippen LogP contribution < -0.4 is 10.1 Å². The van der Waals surface area contributed by atoms with Crippen molar-refractivity contribution in [2.24, 2.45) is 5.41 Å². The Balaban J connectivity index is 1.65. The third kappa shape index (κ3) is 2.13. The summed E-state index contributed by atoms with van der Waals surface area (Å²) in [6.45, 7) is 6.63. The highest BCUT2D eigenvalue weighted by atomic mass is 16.5. The zero-order valence-corrected chi connectivity index (χ0v) is 17.2. The molecule has 2 atom stereocenters. The van der Waals surface area contributed by atoms with Gasteiger partial charge in [0, 0.05) is 11.1 Å². The number of rotatable bonds is 3. The Morgan fingerprint density at radius 1 is 0.931 bits per heavy atom. The molecule has 148 valence electrons. The van der Waals surface area contributed by atoms with Gasteiger partial charge in [-0.1, -0.05) is 32.9 Å². The third-order valence-corrected chi connectivity index (χ3v) is 7.68. The first-order valence-electron chi connectivity index (χ1n) is 10.1. The second kappa shape index (κ2) is 5.78. The van der Waals surface area contributed by atoms with Crippen LogP contribution in [-0.4, -0.2) is 23.0 Å². The highest BCUT2D eigenvalue weighted by Crippen LogP contribution is 2.70. The fourth-order valence-electron chi connectivity index (χ4n) is 5.46. The number of aromatic nitrogens is 2. The summed E-state index contributed by atoms with van der Waals surface area (Å²) in [4.78, 5) is 23.8. The monoisotopic (exact) mass is 387 g/mol. The fourth-order valence-corrected chi connectivity index (χ4v) is 5.46. The van der Waals surface area contributed by atoms with Crippen molar-refractivity contribution >= 4 is 22.6 Å². The Bertz CT molecular complexity index is 1140. The maximum atomic E-state index is 13.8. The number of nitrogens with zero attached hydrogens (tertiary/aromatic N) is 2. The molecule has 2 aromatic carbocycles. The van der Waals surface area contributed by atoms with Crippen LogP contribution >= 0.6 is 0 Å². The van der Waals surface area contributed by atoms with Gasteiger partial charge in [-0.05, 0) is 54.7 Å². The Hall–Kier alpha value is -2.95. The zero-order valence-electron chi connectivity index (χ0n) is 17.2. The number of para-hydroxylation sites is 2. The molecule has 2 bridgehead atoms. The van der Waals surface area contributed by atoms with E-state index >= 15 is 0 Å². The van der Waals surface area contributed by atoms with E-state index in [9.17, 15) is 4.79 Å². The Labute approximate surface area is 170 Å². The van der Waals surface area contributed by atoms with Crippen molar-refractivity contribution in [2.75, 3.05) is 12.4 Å². The van der Waals surface area contributed by atoms with E-state index in [0.717, 1.165) is 46.7 Å². The summed E-state index contributed by atoms with van der Waals surface area (Å²) < 4.78 is 5.22. The molecule has 1 fully saturated rings. The van der Waals surface area contributed by atoms with Crippen LogP contribution in [0.15, 0.2) is 48.5 Å². The topological polar surface area (TPSA) is 64.1 Å². The quantitative estimate of drug-likeness (QED) is 0.713. The van der Waals surface area contributed by atoms with Gasteiger partial charge in [-0.25, -0.2) is 9.97 Å². The van der Waals surface area contributed by atoms with Crippen molar-refractivity contribution in [2.45, 2.75) is 44.4 Å². The first-order chi connectivity index (χ1) is 13.8. The molecule has 1 saturated carbocycles. The lowest BCUT2D eigenvalue weighted by Crippen LogP contribution is -2.48. The summed E-state index contributed by atoms with van der Waals surface area (Å²) in [5, 5.41) is 3.15. The lowest BCUT2D eigenvalue weighted by Gasteiger charge is -2.39. The van der Waals surface area contributed by atoms with Crippen LogP contribution in [0, 0.1) is 5.41 Å². The number of carbonyl (C=O) groups is 1. The molecule has 0 saturated heterocycles. The summed E-state index contributed by atoms with van der Waals surface area (Å²) in [5.41, 5.74) is 3.15. The number of methoxy groups -OCH3 is 1. The summed E-state index contributed by atoms with van der Waals surface area (Å²) in [6, 6.07) is 15.4. The number of hydrogen-bond donors (Lipinski definition) is 1. The van der Waals surface area contributed by atoms with Gasteiger partial charge in [0.25, 0.3) is 0 Å². The number of nitrogens with one attached hydrogen (secondary N) is 1. The first kappa shape index (κ1) is 18.1. The molecule has 2 unspecified atom stereocenters. The molecule has 3 aromatic rings. The number of anilines is 1. The number of carbonyl (C=O) groups excluding carboxylic acids is 1. The van der Waals surface area contributed by atoms with Crippen LogP contribution in [0.2, 0.25) is 0 Å². The predicted molar refractivity (Wildman–Crippen MR) is 113 cm³/mol. The molecule has 0 radical (unpaired) electrons. The number of hydrogen-bond acceptors (Lipinski definition) is 4. The van der Waals surface area contributed by atoms with Gasteiger partial charge in [0.1, 0.15) is 5.75 Å². The summed E-state index contributed by atoms with van der Waals surface area (Å²) in [5.74, 6) is 0.762. The molecule has 5 heteroatoms. The Morgan fingerprint density at radius 2 is 1.55 bits per heavy atom. The smallest absolute Gasteiger partial charge is 0.237 e. The van der Waals surface area contributed by atoms with Gasteiger partial charge in [0.05, 0.1) is 34.9 Å². The van der Waals surface area contributed by atoms with E-state index in [1.165, 1.54) is 0 Å². The van der Waals surface area contributed by atoms with Crippen LogP contribution in [0.1, 0.15) is 45.0 Å². The summed E-state index contributed by atoms with van der Waals surface area (Å²) >= 11 is 0. The number of amides is 1. The minimum Gasteiger partial charge on any atom is -0.497 e. The van der Waals surface area contributed by atoms with E-state index in [2.05, 4.69) is 26.1 Å². The normalized spacial score (nSPS) is 26.3. The molecule has 5 nitrogen and oxygen atoms in total. The SMILES string of the molecule is COc1ccc(NC(=O)C23CCC(C)(c4nc5ccccc5nc42)C3(C)C)cc1. The van der Waals surface area contributed by atoms with Crippen LogP contribution in [0.3, 0.4) is 0 Å². The van der Waals surface area contributed by atoms with Crippen molar-refractivity contribution in [1.29, 1.82) is 0 Å². The van der Waals surface area contributed by atoms with Crippen LogP contribution in [0.4, 0.5) is 5.69 Å². The largest absolute Gasteiger partial charge is 0.497 e. The Morgan fingerprint density at radius 3 is 2.17 bits per heavy atom. The number of ether oxygens (including phenoxy) is 1. The number of benzene rings is 2. The number of fused-ring (bicyclic) bond motifs is 6. The lowest BCUT2D eigenvalue weighted by molar-refractivity contribution is -0.125. The highest BCUT2D eigenvalue weighted by molar-refractivity contribution is 6.02. The maximum Gasteiger partial charge on any atom is 0.237 e. The van der Waals surface area contributed by atoms with Crippen LogP contribution in [0.25, 0.3) is 11.0 Å². The van der Waals surface area contributed by atoms with E-state index in [1.807, 2.05) is 48.5 Å². The van der Waals surface area contributed by atoms with Gasteiger partial charge in [-0.2, -0.15) is 0 Å². The zero-order chi connectivity index (χ0) is 20.4. The molecule has 29 heavy (non-hydrogen) atoms. The van der Waals surface area contributed by atoms with Crippen molar-refractivity contribution < 1.29 is 9.53 Å². The second-order valence-electron chi connectivity index (χ2n) is 8.95. The van der Waals surface area contributed by atoms with Crippen molar-refractivity contribution in [1.82, 2.24) is 9.97 Å². The molecule has 1 heterocycles. The van der Waals surface area contributed by atoms with Crippen molar-refractivity contribution in [3.05, 3.63) is 59.9 Å². The van der Waals surface area contributed by atoms with Crippen LogP contribution in [-0.2, 0) is 15.6 Å². The molecule has 0 aliphatic heterocycles. The summed E-state index contributed by atoms with van der Waals surface area (Å²) in [6.07, 6.45) is 1.70. The van der Waals surface area contributed by atoms with Gasteiger partial charge in [-0.15, -0.1) is 0 Å². The molecular formula is C24H25N3O2. The lowest BCUT2D eigenvalue weighted by atomic mass is 9.63. The van der Waals surface area contributed by atoms with Gasteiger partial charge in [-0.3, -0.25) is 4.79 Å². The minimum absolute atomic E-state index is 0.000257.